The molecule has 0 aromatic heterocycles. The average Bonchev–Trinajstić information content (AvgIpc) is 3.41. The summed E-state index contributed by atoms with van der Waals surface area (Å²) in [6.07, 6.45) is -3.07. The molecule has 2 aliphatic rings. The van der Waals surface area contributed by atoms with Gasteiger partial charge in [-0.05, 0) is 18.2 Å². The maximum Gasteiger partial charge on any atom is 0.342 e. The summed E-state index contributed by atoms with van der Waals surface area (Å²) in [7, 11) is 0. The molecule has 2 aromatic rings. The number of rotatable bonds is 8. The van der Waals surface area contributed by atoms with Crippen LogP contribution in [0, 0.1) is 0 Å². The van der Waals surface area contributed by atoms with Gasteiger partial charge in [-0.15, -0.1) is 0 Å². The van der Waals surface area contributed by atoms with Crippen molar-refractivity contribution in [1.82, 2.24) is 5.39 Å². The highest BCUT2D eigenvalue weighted by atomic mass is 17.1. The zero-order valence-electron chi connectivity index (χ0n) is 18.9. The Bertz CT molecular complexity index is 1140. The molecular formula is C23H23NO12. The summed E-state index contributed by atoms with van der Waals surface area (Å²) in [5.41, 5.74) is -0.0109. The van der Waals surface area contributed by atoms with Gasteiger partial charge in [0.25, 0.3) is 0 Å². The third-order valence-electron chi connectivity index (χ3n) is 5.52. The van der Waals surface area contributed by atoms with Crippen LogP contribution in [-0.2, 0) is 35.2 Å². The Labute approximate surface area is 204 Å². The first-order valence-electron chi connectivity index (χ1n) is 10.8. The fraction of sp³-hybridized carbons (Fsp3) is 0.348. The molecule has 36 heavy (non-hydrogen) atoms. The Morgan fingerprint density at radius 2 is 1.50 bits per heavy atom. The number of fused-ring (bicyclic) bond motifs is 1. The first kappa shape index (κ1) is 25.5. The van der Waals surface area contributed by atoms with Gasteiger partial charge in [0, 0.05) is 12.5 Å². The number of carbonyl (C=O) groups excluding carboxylic acids is 3. The van der Waals surface area contributed by atoms with Crippen molar-refractivity contribution in [3.05, 3.63) is 59.2 Å². The normalized spacial score (nSPS) is 22.8. The standard InChI is InChI=1S/C23H23NO12/c1-12(25)34-16-8-3-2-6-14(16)22(27)35-17-10-31-21-18(11-32-20(17)21)36-23(28)15-7-4-5-13(19(15)26)9-33-24(29)30/h2-8,17-18,20-21,26,29-30H,9-11H2,1H3/t17?,18-,20-,21-/m1/s1. The lowest BCUT2D eigenvalue weighted by Gasteiger charge is -2.18. The van der Waals surface area contributed by atoms with E-state index in [1.807, 2.05) is 0 Å². The van der Waals surface area contributed by atoms with Crippen LogP contribution in [0.2, 0.25) is 0 Å². The SMILES string of the molecule is CC(=O)Oc1ccccc1C(=O)OC1CO[C@H]2[C@@H]1OC[C@H]2OC(=O)c1cccc(CON(O)O)c1O. The highest BCUT2D eigenvalue weighted by molar-refractivity contribution is 5.94. The van der Waals surface area contributed by atoms with Gasteiger partial charge in [0.05, 0.1) is 18.6 Å². The predicted octanol–water partition coefficient (Wildman–Crippen LogP) is 1.38. The van der Waals surface area contributed by atoms with Crippen molar-refractivity contribution in [2.45, 2.75) is 37.9 Å². The van der Waals surface area contributed by atoms with Crippen LogP contribution >= 0.6 is 0 Å². The van der Waals surface area contributed by atoms with Crippen molar-refractivity contribution >= 4 is 17.9 Å². The van der Waals surface area contributed by atoms with Gasteiger partial charge in [0.2, 0.25) is 0 Å². The van der Waals surface area contributed by atoms with Gasteiger partial charge in [0.15, 0.2) is 12.2 Å². The smallest absolute Gasteiger partial charge is 0.342 e. The van der Waals surface area contributed by atoms with Crippen LogP contribution in [0.5, 0.6) is 11.5 Å². The van der Waals surface area contributed by atoms with Gasteiger partial charge < -0.3 is 28.8 Å². The van der Waals surface area contributed by atoms with E-state index in [1.54, 1.807) is 12.1 Å². The van der Waals surface area contributed by atoms with E-state index in [-0.39, 0.29) is 35.7 Å². The summed E-state index contributed by atoms with van der Waals surface area (Å²) in [5, 5.41) is 27.2. The molecule has 4 rings (SSSR count). The first-order valence-corrected chi connectivity index (χ1v) is 10.8. The number of hydrogen-bond acceptors (Lipinski definition) is 13. The zero-order chi connectivity index (χ0) is 25.8. The van der Waals surface area contributed by atoms with Crippen LogP contribution in [0.4, 0.5) is 0 Å². The number of esters is 3. The second kappa shape index (κ2) is 11.0. The third-order valence-corrected chi connectivity index (χ3v) is 5.52. The lowest BCUT2D eigenvalue weighted by atomic mass is 10.1. The lowest BCUT2D eigenvalue weighted by Crippen LogP contribution is -2.36. The van der Waals surface area contributed by atoms with Crippen LogP contribution in [0.25, 0.3) is 0 Å². The van der Waals surface area contributed by atoms with E-state index >= 15 is 0 Å². The first-order chi connectivity index (χ1) is 17.2. The quantitative estimate of drug-likeness (QED) is 0.267. The molecule has 192 valence electrons. The summed E-state index contributed by atoms with van der Waals surface area (Å²) >= 11 is 0. The van der Waals surface area contributed by atoms with Crippen molar-refractivity contribution in [2.24, 2.45) is 0 Å². The van der Waals surface area contributed by atoms with Crippen LogP contribution in [0.3, 0.4) is 0 Å². The summed E-state index contributed by atoms with van der Waals surface area (Å²) < 4.78 is 27.4. The average molecular weight is 505 g/mol. The molecule has 4 atom stereocenters. The Balaban J connectivity index is 1.38. The number of phenolic OH excluding ortho intramolecular Hbond substituents is 1. The van der Waals surface area contributed by atoms with Crippen LogP contribution in [0.15, 0.2) is 42.5 Å². The van der Waals surface area contributed by atoms with E-state index in [0.717, 1.165) is 0 Å². The van der Waals surface area contributed by atoms with Gasteiger partial charge in [-0.1, -0.05) is 24.3 Å². The van der Waals surface area contributed by atoms with E-state index in [9.17, 15) is 19.5 Å². The number of ether oxygens (including phenoxy) is 5. The van der Waals surface area contributed by atoms with E-state index in [1.165, 1.54) is 37.3 Å². The Kier molecular flexibility index (Phi) is 7.79. The Morgan fingerprint density at radius 3 is 2.11 bits per heavy atom. The molecule has 1 unspecified atom stereocenters. The number of hydrogen-bond donors (Lipinski definition) is 3. The molecule has 0 bridgehead atoms. The van der Waals surface area contributed by atoms with Gasteiger partial charge in [-0.25, -0.2) is 14.4 Å². The van der Waals surface area contributed by atoms with Crippen molar-refractivity contribution in [1.29, 1.82) is 0 Å². The summed E-state index contributed by atoms with van der Waals surface area (Å²) in [6.45, 7) is 0.745. The van der Waals surface area contributed by atoms with Gasteiger partial charge in [-0.3, -0.25) is 15.2 Å². The topological polar surface area (TPSA) is 171 Å². The van der Waals surface area contributed by atoms with E-state index in [4.69, 9.17) is 34.1 Å². The number of aromatic hydroxyl groups is 1. The second-order valence-corrected chi connectivity index (χ2v) is 7.91. The Hall–Kier alpha value is -3.59. The number of nitrogens with zero attached hydrogens (tertiary/aromatic N) is 1. The highest BCUT2D eigenvalue weighted by Gasteiger charge is 2.51. The molecule has 2 saturated heterocycles. The zero-order valence-corrected chi connectivity index (χ0v) is 18.9. The van der Waals surface area contributed by atoms with Gasteiger partial charge in [-0.2, -0.15) is 0 Å². The second-order valence-electron chi connectivity index (χ2n) is 7.91. The van der Waals surface area contributed by atoms with E-state index in [0.29, 0.717) is 0 Å². The third kappa shape index (κ3) is 5.62. The fourth-order valence-electron chi connectivity index (χ4n) is 3.91. The summed E-state index contributed by atoms with van der Waals surface area (Å²) in [6, 6.07) is 10.3. The number of carbonyl (C=O) groups is 3. The molecule has 0 radical (unpaired) electrons. The molecule has 2 aliphatic heterocycles. The van der Waals surface area contributed by atoms with Crippen molar-refractivity contribution in [3.8, 4) is 11.5 Å². The summed E-state index contributed by atoms with van der Waals surface area (Å²) in [5.74, 6) is -2.59. The lowest BCUT2D eigenvalue weighted by molar-refractivity contribution is -0.497. The van der Waals surface area contributed by atoms with Crippen molar-refractivity contribution in [3.63, 3.8) is 0 Å². The molecule has 3 N–H and O–H groups in total. The highest BCUT2D eigenvalue weighted by Crippen LogP contribution is 2.33. The molecule has 2 fully saturated rings. The number of benzene rings is 2. The molecule has 13 heteroatoms. The van der Waals surface area contributed by atoms with Crippen LogP contribution < -0.4 is 4.74 Å². The molecule has 2 heterocycles. The van der Waals surface area contributed by atoms with Gasteiger partial charge in [0.1, 0.15) is 41.4 Å². The van der Waals surface area contributed by atoms with Crippen molar-refractivity contribution < 1.29 is 58.4 Å². The van der Waals surface area contributed by atoms with E-state index in [2.05, 4.69) is 4.84 Å². The number of phenols is 1. The molecule has 13 nitrogen and oxygen atoms in total. The Morgan fingerprint density at radius 1 is 0.917 bits per heavy atom. The van der Waals surface area contributed by atoms with Crippen LogP contribution in [0.1, 0.15) is 33.2 Å². The minimum atomic E-state index is -0.868. The minimum absolute atomic E-state index is 0.0122. The number of para-hydroxylation sites is 2. The molecule has 0 aliphatic carbocycles. The fourth-order valence-corrected chi connectivity index (χ4v) is 3.91. The molecular weight excluding hydrogens is 482 g/mol. The van der Waals surface area contributed by atoms with Crippen LogP contribution in [-0.4, -0.2) is 76.4 Å². The van der Waals surface area contributed by atoms with Gasteiger partial charge >= 0.3 is 17.9 Å². The van der Waals surface area contributed by atoms with Crippen molar-refractivity contribution in [2.75, 3.05) is 13.2 Å². The molecule has 0 spiro atoms. The predicted molar refractivity (Wildman–Crippen MR) is 114 cm³/mol. The maximum absolute atomic E-state index is 12.7. The minimum Gasteiger partial charge on any atom is -0.507 e. The monoisotopic (exact) mass is 505 g/mol. The maximum atomic E-state index is 12.7. The molecule has 2 aromatic carbocycles. The van der Waals surface area contributed by atoms with E-state index < -0.39 is 60.1 Å². The molecule has 0 saturated carbocycles. The largest absolute Gasteiger partial charge is 0.507 e. The summed E-state index contributed by atoms with van der Waals surface area (Å²) in [4.78, 5) is 41.2. The molecule has 0 amide bonds.